The number of hydrazone groups is 1. The van der Waals surface area contributed by atoms with Gasteiger partial charge in [0.15, 0.2) is 5.13 Å². The second-order valence-electron chi connectivity index (χ2n) is 9.40. The molecule has 1 aliphatic rings. The fraction of sp³-hybridized carbons (Fsp3) is 0.214. The van der Waals surface area contributed by atoms with E-state index in [0.717, 1.165) is 51.5 Å². The van der Waals surface area contributed by atoms with Gasteiger partial charge >= 0.3 is 0 Å². The van der Waals surface area contributed by atoms with Gasteiger partial charge in [0.1, 0.15) is 5.69 Å². The molecule has 1 aliphatic heterocycles. The van der Waals surface area contributed by atoms with Crippen LogP contribution in [0, 0.1) is 24.0 Å². The quantitative estimate of drug-likeness (QED) is 0.149. The number of aromatic nitrogens is 1. The molecule has 0 unspecified atom stereocenters. The second-order valence-corrected chi connectivity index (χ2v) is 12.1. The molecule has 4 aromatic rings. The Hall–Kier alpha value is -4.33. The minimum absolute atomic E-state index is 0.0518. The lowest BCUT2D eigenvalue weighted by molar-refractivity contribution is -0.384. The van der Waals surface area contributed by atoms with Crippen molar-refractivity contribution >= 4 is 49.8 Å². The first-order valence-corrected chi connectivity index (χ1v) is 15.1. The van der Waals surface area contributed by atoms with Gasteiger partial charge in [0, 0.05) is 24.7 Å². The van der Waals surface area contributed by atoms with Crippen molar-refractivity contribution in [2.24, 2.45) is 5.10 Å². The zero-order valence-corrected chi connectivity index (χ0v) is 24.0. The van der Waals surface area contributed by atoms with E-state index in [-0.39, 0.29) is 10.6 Å². The topological polar surface area (TPSA) is 139 Å². The largest absolute Gasteiger partial charge is 0.378 e. The molecule has 2 heterocycles. The minimum Gasteiger partial charge on any atom is -0.378 e. The summed E-state index contributed by atoms with van der Waals surface area (Å²) in [7, 11) is -4.07. The summed E-state index contributed by atoms with van der Waals surface area (Å²) in [5.74, 6) is 0. The number of anilines is 3. The predicted octanol–water partition coefficient (Wildman–Crippen LogP) is 5.42. The van der Waals surface area contributed by atoms with E-state index in [9.17, 15) is 18.5 Å². The highest BCUT2D eigenvalue weighted by Gasteiger charge is 2.23. The average Bonchev–Trinajstić information content (AvgIpc) is 3.39. The summed E-state index contributed by atoms with van der Waals surface area (Å²) < 4.78 is 34.0. The van der Waals surface area contributed by atoms with E-state index in [4.69, 9.17) is 9.72 Å². The third-order valence-electron chi connectivity index (χ3n) is 6.44. The van der Waals surface area contributed by atoms with Crippen LogP contribution in [0.25, 0.3) is 11.3 Å². The minimum atomic E-state index is -4.07. The van der Waals surface area contributed by atoms with Crippen LogP contribution in [0.4, 0.5) is 22.2 Å². The summed E-state index contributed by atoms with van der Waals surface area (Å²) in [6.07, 6.45) is 1.57. The molecule has 41 heavy (non-hydrogen) atoms. The molecule has 0 radical (unpaired) electrons. The number of morpholine rings is 1. The Balaban J connectivity index is 1.40. The molecule has 13 heteroatoms. The number of nitrogens with one attached hydrogen (secondary N) is 2. The van der Waals surface area contributed by atoms with Gasteiger partial charge in [-0.25, -0.2) is 13.4 Å². The van der Waals surface area contributed by atoms with Gasteiger partial charge in [0.2, 0.25) is 0 Å². The third kappa shape index (κ3) is 6.53. The number of nitro groups is 1. The van der Waals surface area contributed by atoms with Gasteiger partial charge in [-0.05, 0) is 37.6 Å². The molecule has 0 saturated carbocycles. The fourth-order valence-electron chi connectivity index (χ4n) is 4.32. The highest BCUT2D eigenvalue weighted by atomic mass is 32.2. The van der Waals surface area contributed by atoms with Gasteiger partial charge < -0.3 is 9.64 Å². The summed E-state index contributed by atoms with van der Waals surface area (Å²) in [6.45, 7) is 6.41. The molecule has 3 aromatic carbocycles. The molecule has 2 N–H and O–H groups in total. The van der Waals surface area contributed by atoms with Crippen LogP contribution in [-0.4, -0.2) is 50.8 Å². The first-order chi connectivity index (χ1) is 19.7. The van der Waals surface area contributed by atoms with Gasteiger partial charge in [-0.1, -0.05) is 59.4 Å². The number of thiazole rings is 1. The standard InChI is InChI=1S/C28H28N6O5S2/c1-19-8-10-23(20(2)16-19)32-41(37,38)22-9-11-24(25(17-22)34(35)36)31-29-18-26-27(21-6-4-3-5-7-21)30-28(40-26)33-12-14-39-15-13-33/h3-11,16-18,31-32H,12-15H2,1-2H3/b29-18+. The lowest BCUT2D eigenvalue weighted by atomic mass is 10.1. The first kappa shape index (κ1) is 28.2. The molecule has 0 spiro atoms. The molecule has 5 rings (SSSR count). The Kier molecular flexibility index (Phi) is 8.28. The van der Waals surface area contributed by atoms with Gasteiger partial charge in [0.05, 0.1) is 45.5 Å². The van der Waals surface area contributed by atoms with Crippen molar-refractivity contribution in [3.8, 4) is 11.3 Å². The van der Waals surface area contributed by atoms with Crippen molar-refractivity contribution in [3.63, 3.8) is 0 Å². The highest BCUT2D eigenvalue weighted by molar-refractivity contribution is 7.92. The molecule has 0 aliphatic carbocycles. The van der Waals surface area contributed by atoms with Crippen LogP contribution < -0.4 is 15.0 Å². The zero-order chi connectivity index (χ0) is 29.0. The lowest BCUT2D eigenvalue weighted by Gasteiger charge is -2.26. The van der Waals surface area contributed by atoms with Crippen molar-refractivity contribution in [2.45, 2.75) is 18.7 Å². The Morgan fingerprint density at radius 2 is 1.78 bits per heavy atom. The summed E-state index contributed by atoms with van der Waals surface area (Å²) in [6, 6.07) is 18.6. The summed E-state index contributed by atoms with van der Waals surface area (Å²) >= 11 is 1.46. The number of nitro benzene ring substituents is 1. The van der Waals surface area contributed by atoms with Crippen LogP contribution >= 0.6 is 11.3 Å². The molecule has 1 aromatic heterocycles. The number of nitrogens with zero attached hydrogens (tertiary/aromatic N) is 4. The van der Waals surface area contributed by atoms with Gasteiger partial charge in [-0.3, -0.25) is 20.3 Å². The maximum atomic E-state index is 13.0. The van der Waals surface area contributed by atoms with E-state index in [1.807, 2.05) is 43.3 Å². The Morgan fingerprint density at radius 1 is 1.05 bits per heavy atom. The van der Waals surface area contributed by atoms with Crippen LogP contribution in [0.2, 0.25) is 0 Å². The van der Waals surface area contributed by atoms with E-state index >= 15 is 0 Å². The average molecular weight is 593 g/mol. The van der Waals surface area contributed by atoms with E-state index in [2.05, 4.69) is 20.1 Å². The monoisotopic (exact) mass is 592 g/mol. The number of benzene rings is 3. The van der Waals surface area contributed by atoms with Gasteiger partial charge in [-0.15, -0.1) is 0 Å². The Bertz CT molecular complexity index is 1700. The van der Waals surface area contributed by atoms with E-state index in [1.165, 1.54) is 23.5 Å². The molecule has 1 fully saturated rings. The van der Waals surface area contributed by atoms with Crippen molar-refractivity contribution in [1.29, 1.82) is 0 Å². The number of ether oxygens (including phenoxy) is 1. The molecule has 0 bridgehead atoms. The second kappa shape index (κ2) is 12.0. The van der Waals surface area contributed by atoms with Crippen LogP contribution in [0.15, 0.2) is 76.7 Å². The highest BCUT2D eigenvalue weighted by Crippen LogP contribution is 2.33. The normalized spacial score (nSPS) is 13.9. The number of sulfonamides is 1. The lowest BCUT2D eigenvalue weighted by Crippen LogP contribution is -2.36. The molecule has 1 saturated heterocycles. The number of rotatable bonds is 9. The molecule has 0 atom stereocenters. The first-order valence-electron chi connectivity index (χ1n) is 12.8. The molecular weight excluding hydrogens is 564 g/mol. The van der Waals surface area contributed by atoms with Crippen molar-refractivity contribution in [3.05, 3.63) is 92.8 Å². The van der Waals surface area contributed by atoms with E-state index in [1.54, 1.807) is 25.3 Å². The van der Waals surface area contributed by atoms with E-state index in [0.29, 0.717) is 18.9 Å². The summed E-state index contributed by atoms with van der Waals surface area (Å²) in [5, 5.41) is 17.0. The van der Waals surface area contributed by atoms with Crippen molar-refractivity contribution < 1.29 is 18.1 Å². The fourth-order valence-corrected chi connectivity index (χ4v) is 6.48. The summed E-state index contributed by atoms with van der Waals surface area (Å²) in [5.41, 5.74) is 6.14. The number of hydrogen-bond donors (Lipinski definition) is 2. The van der Waals surface area contributed by atoms with E-state index < -0.39 is 20.6 Å². The van der Waals surface area contributed by atoms with Crippen molar-refractivity contribution in [2.75, 3.05) is 41.4 Å². The van der Waals surface area contributed by atoms with Crippen molar-refractivity contribution in [1.82, 2.24) is 4.98 Å². The molecule has 212 valence electrons. The smallest absolute Gasteiger partial charge is 0.295 e. The predicted molar refractivity (Wildman–Crippen MR) is 162 cm³/mol. The third-order valence-corrected chi connectivity index (χ3v) is 8.85. The maximum Gasteiger partial charge on any atom is 0.295 e. The summed E-state index contributed by atoms with van der Waals surface area (Å²) in [4.78, 5) is 18.8. The number of hydrogen-bond acceptors (Lipinski definition) is 10. The van der Waals surface area contributed by atoms with Crippen LogP contribution in [-0.2, 0) is 14.8 Å². The van der Waals surface area contributed by atoms with Crippen LogP contribution in [0.5, 0.6) is 0 Å². The maximum absolute atomic E-state index is 13.0. The Labute approximate surface area is 241 Å². The van der Waals surface area contributed by atoms with Crippen LogP contribution in [0.1, 0.15) is 16.0 Å². The van der Waals surface area contributed by atoms with Gasteiger partial charge in [0.25, 0.3) is 15.7 Å². The number of aryl methyl sites for hydroxylation is 2. The van der Waals surface area contributed by atoms with Crippen LogP contribution in [0.3, 0.4) is 0 Å². The molecular formula is C28H28N6O5S2. The Morgan fingerprint density at radius 3 is 2.49 bits per heavy atom. The molecule has 11 nitrogen and oxygen atoms in total. The SMILES string of the molecule is Cc1ccc(NS(=O)(=O)c2ccc(N/N=C/c3sc(N4CCOCC4)nc3-c3ccccc3)c([N+](=O)[O-])c2)c(C)c1. The zero-order valence-electron chi connectivity index (χ0n) is 22.4. The molecule has 0 amide bonds. The van der Waals surface area contributed by atoms with Gasteiger partial charge in [-0.2, -0.15) is 5.10 Å².